The zero-order valence-corrected chi connectivity index (χ0v) is 33.4. The molecule has 16 heteroatoms. The zero-order chi connectivity index (χ0) is 38.4. The van der Waals surface area contributed by atoms with Gasteiger partial charge in [-0.15, -0.1) is 0 Å². The molecule has 0 N–H and O–H groups in total. The Balaban J connectivity index is 0.000000276. The number of piperidine rings is 1. The number of amides is 1. The van der Waals surface area contributed by atoms with Crippen molar-refractivity contribution in [2.75, 3.05) is 32.8 Å². The van der Waals surface area contributed by atoms with Crippen LogP contribution in [0.2, 0.25) is 0 Å². The Labute approximate surface area is 328 Å². The summed E-state index contributed by atoms with van der Waals surface area (Å²) >= 11 is 6.74. The van der Waals surface area contributed by atoms with Crippen LogP contribution in [0.25, 0.3) is 22.1 Å². The second-order valence-electron chi connectivity index (χ2n) is 13.9. The number of carbonyl (C=O) groups excluding carboxylic acids is 2. The molecule has 0 unspecified atom stereocenters. The van der Waals surface area contributed by atoms with E-state index in [0.29, 0.717) is 55.1 Å². The van der Waals surface area contributed by atoms with Crippen molar-refractivity contribution >= 4 is 66.3 Å². The average molecular weight is 868 g/mol. The van der Waals surface area contributed by atoms with Crippen molar-refractivity contribution in [3.8, 4) is 11.5 Å². The van der Waals surface area contributed by atoms with E-state index in [2.05, 4.69) is 51.7 Å². The van der Waals surface area contributed by atoms with Gasteiger partial charge in [0.2, 0.25) is 0 Å². The van der Waals surface area contributed by atoms with Crippen molar-refractivity contribution in [1.82, 2.24) is 33.9 Å². The van der Waals surface area contributed by atoms with Gasteiger partial charge in [-0.2, -0.15) is 0 Å². The van der Waals surface area contributed by atoms with Crippen LogP contribution in [0.4, 0.5) is 4.79 Å². The molecule has 54 heavy (non-hydrogen) atoms. The predicted molar refractivity (Wildman–Crippen MR) is 210 cm³/mol. The summed E-state index contributed by atoms with van der Waals surface area (Å²) in [7, 11) is 0. The van der Waals surface area contributed by atoms with Gasteiger partial charge in [-0.25, -0.2) is 4.79 Å². The van der Waals surface area contributed by atoms with Crippen molar-refractivity contribution in [3.63, 3.8) is 0 Å². The van der Waals surface area contributed by atoms with Crippen LogP contribution in [0.5, 0.6) is 11.5 Å². The van der Waals surface area contributed by atoms with Gasteiger partial charge in [-0.05, 0) is 89.7 Å². The highest BCUT2D eigenvalue weighted by Crippen LogP contribution is 2.31. The highest BCUT2D eigenvalue weighted by atomic mass is 79.9. The number of halogens is 2. The molecule has 0 aliphatic carbocycles. The normalized spacial score (nSPS) is 14.7. The van der Waals surface area contributed by atoms with E-state index in [4.69, 9.17) is 14.2 Å². The number of pyridine rings is 5. The summed E-state index contributed by atoms with van der Waals surface area (Å²) in [6.45, 7) is 9.89. The third-order valence-corrected chi connectivity index (χ3v) is 9.82. The molecular weight excluding hydrogens is 826 g/mol. The number of fused-ring (bicyclic) bond motifs is 3. The van der Waals surface area contributed by atoms with E-state index in [0.717, 1.165) is 58.1 Å². The van der Waals surface area contributed by atoms with Gasteiger partial charge >= 0.3 is 6.09 Å². The van der Waals surface area contributed by atoms with Gasteiger partial charge in [0, 0.05) is 71.8 Å². The molecular formula is C38H41Br2N7O7. The summed E-state index contributed by atoms with van der Waals surface area (Å²) < 4.78 is 21.9. The first-order chi connectivity index (χ1) is 25.9. The topological polar surface area (TPSA) is 151 Å². The minimum Gasteiger partial charge on any atom is -0.486 e. The lowest BCUT2D eigenvalue weighted by Crippen LogP contribution is -2.49. The number of hydrogen-bond donors (Lipinski definition) is 0. The third kappa shape index (κ3) is 9.70. The lowest BCUT2D eigenvalue weighted by atomic mass is 10.0. The molecule has 2 aliphatic heterocycles. The maximum atomic E-state index is 13.3. The Morgan fingerprint density at radius 3 is 2.06 bits per heavy atom. The molecule has 0 spiro atoms. The van der Waals surface area contributed by atoms with Crippen LogP contribution in [-0.2, 0) is 29.2 Å². The van der Waals surface area contributed by atoms with E-state index in [1.807, 2.05) is 32.9 Å². The molecule has 0 saturated carbocycles. The van der Waals surface area contributed by atoms with Crippen molar-refractivity contribution in [2.45, 2.75) is 64.9 Å². The monoisotopic (exact) mass is 865 g/mol. The number of rotatable bonds is 8. The number of nitrogens with zero attached hydrogens (tertiary/aromatic N) is 7. The van der Waals surface area contributed by atoms with Crippen LogP contribution < -0.4 is 20.6 Å². The van der Waals surface area contributed by atoms with Crippen LogP contribution in [0, 0.1) is 0 Å². The first-order valence-corrected chi connectivity index (χ1v) is 19.2. The Bertz CT molecular complexity index is 2270. The lowest BCUT2D eigenvalue weighted by Gasteiger charge is -2.39. The summed E-state index contributed by atoms with van der Waals surface area (Å²) in [6, 6.07) is 11.9. The average Bonchev–Trinajstić information content (AvgIpc) is 3.14. The summed E-state index contributed by atoms with van der Waals surface area (Å²) in [5.41, 5.74) is 2.83. The predicted octanol–water partition coefficient (Wildman–Crippen LogP) is 5.58. The molecule has 5 aromatic rings. The van der Waals surface area contributed by atoms with Crippen molar-refractivity contribution in [1.29, 1.82) is 0 Å². The lowest BCUT2D eigenvalue weighted by molar-refractivity contribution is -0.108. The summed E-state index contributed by atoms with van der Waals surface area (Å²) in [5, 5.41) is 0. The Kier molecular flexibility index (Phi) is 12.4. The summed E-state index contributed by atoms with van der Waals surface area (Å²) in [6.07, 6.45) is 6.97. The molecule has 0 radical (unpaired) electrons. The van der Waals surface area contributed by atoms with E-state index in [1.165, 1.54) is 10.6 Å². The van der Waals surface area contributed by atoms with Crippen LogP contribution in [0.3, 0.4) is 0 Å². The smallest absolute Gasteiger partial charge is 0.410 e. The molecule has 5 aromatic heterocycles. The second kappa shape index (κ2) is 17.2. The highest BCUT2D eigenvalue weighted by Gasteiger charge is 2.32. The van der Waals surface area contributed by atoms with Gasteiger partial charge in [0.05, 0.1) is 47.0 Å². The van der Waals surface area contributed by atoms with Crippen LogP contribution in [-0.4, -0.2) is 90.8 Å². The van der Waals surface area contributed by atoms with E-state index in [-0.39, 0.29) is 29.8 Å². The number of hydrogen-bond acceptors (Lipinski definition) is 11. The van der Waals surface area contributed by atoms with Crippen molar-refractivity contribution in [3.05, 3.63) is 96.4 Å². The fourth-order valence-corrected chi connectivity index (χ4v) is 7.03. The van der Waals surface area contributed by atoms with Gasteiger partial charge < -0.3 is 28.5 Å². The van der Waals surface area contributed by atoms with E-state index in [9.17, 15) is 19.2 Å². The molecule has 0 aromatic carbocycles. The summed E-state index contributed by atoms with van der Waals surface area (Å²) in [4.78, 5) is 65.1. The fourth-order valence-electron chi connectivity index (χ4n) is 6.39. The minimum atomic E-state index is -0.605. The minimum absolute atomic E-state index is 0.00605. The van der Waals surface area contributed by atoms with Crippen molar-refractivity contribution < 1.29 is 23.8 Å². The quantitative estimate of drug-likeness (QED) is 0.180. The Morgan fingerprint density at radius 2 is 1.44 bits per heavy atom. The summed E-state index contributed by atoms with van der Waals surface area (Å²) in [5.74, 6) is 1.27. The number of ether oxygens (including phenoxy) is 3. The standard InChI is InChI=1S/C28H34BrN5O5.C10H7BrN2O2/c1-28(2,3)39-27(36)34(18-20-15-24-25(17-30-20)38-13-12-37-24)21-6-8-32(9-7-21)10-11-33-23-14-19(29)16-31-22(23)4-5-26(33)35;11-7-5-9-8(12-6-7)1-2-10(15)13(9)3-4-14/h4-5,14-17,21H,6-13,18H2,1-3H3;1-2,4-6H,3H2. The van der Waals surface area contributed by atoms with Crippen LogP contribution in [0.15, 0.2) is 79.6 Å². The molecule has 7 heterocycles. The van der Waals surface area contributed by atoms with Crippen molar-refractivity contribution in [2.24, 2.45) is 0 Å². The first-order valence-electron chi connectivity index (χ1n) is 17.6. The van der Waals surface area contributed by atoms with E-state index in [1.54, 1.807) is 52.3 Å². The van der Waals surface area contributed by atoms with Gasteiger partial charge in [-0.1, -0.05) is 0 Å². The molecule has 2 aliphatic rings. The molecule has 0 atom stereocenters. The Hall–Kier alpha value is -4.67. The molecule has 1 amide bonds. The number of likely N-dealkylation sites (tertiary alicyclic amines) is 1. The van der Waals surface area contributed by atoms with Gasteiger partial charge in [-0.3, -0.25) is 34.0 Å². The van der Waals surface area contributed by atoms with Gasteiger partial charge in [0.25, 0.3) is 11.1 Å². The molecule has 1 saturated heterocycles. The molecule has 284 valence electrons. The molecule has 1 fully saturated rings. The number of aldehydes is 1. The molecule has 14 nitrogen and oxygen atoms in total. The van der Waals surface area contributed by atoms with Gasteiger partial charge in [0.15, 0.2) is 11.5 Å². The second-order valence-corrected chi connectivity index (χ2v) is 15.7. The zero-order valence-electron chi connectivity index (χ0n) is 30.2. The first kappa shape index (κ1) is 39.0. The fraction of sp³-hybridized carbons (Fsp3) is 0.395. The van der Waals surface area contributed by atoms with E-state index < -0.39 is 5.60 Å². The SMILES string of the molecule is CC(C)(C)OC(=O)N(Cc1cc2c(cn1)OCCO2)C1CCN(CCn2c(=O)ccc3ncc(Br)cc32)CC1.O=CCn1c(=O)ccc2ncc(Br)cc21. The molecule has 7 rings (SSSR count). The largest absolute Gasteiger partial charge is 0.486 e. The van der Waals surface area contributed by atoms with Gasteiger partial charge in [0.1, 0.15) is 25.1 Å². The van der Waals surface area contributed by atoms with Crippen LogP contribution in [0.1, 0.15) is 39.3 Å². The number of carbonyl (C=O) groups is 2. The highest BCUT2D eigenvalue weighted by molar-refractivity contribution is 9.10. The number of aromatic nitrogens is 5. The molecule has 0 bridgehead atoms. The third-order valence-electron chi connectivity index (χ3n) is 8.95. The maximum Gasteiger partial charge on any atom is 0.410 e. The maximum absolute atomic E-state index is 13.3. The van der Waals surface area contributed by atoms with Crippen LogP contribution >= 0.6 is 31.9 Å². The van der Waals surface area contributed by atoms with E-state index >= 15 is 0 Å². The Morgan fingerprint density at radius 1 is 0.852 bits per heavy atom.